The van der Waals surface area contributed by atoms with Crippen molar-refractivity contribution in [3.63, 3.8) is 0 Å². The molecule has 0 bridgehead atoms. The topological polar surface area (TPSA) is 105 Å². The SMILES string of the molecule is O=C(NC(CC(F)F)C(=O)NC(C(=O)O)c1cccs1)OCC1c2ccccc2-c2ccccc21. The molecule has 182 valence electrons. The first-order valence-corrected chi connectivity index (χ1v) is 11.7. The lowest BCUT2D eigenvalue weighted by atomic mass is 9.98. The number of halogens is 2. The van der Waals surface area contributed by atoms with Crippen LogP contribution in [0.2, 0.25) is 0 Å². The largest absolute Gasteiger partial charge is 0.479 e. The van der Waals surface area contributed by atoms with E-state index in [4.69, 9.17) is 4.74 Å². The zero-order valence-electron chi connectivity index (χ0n) is 18.3. The molecule has 0 radical (unpaired) electrons. The molecule has 1 heterocycles. The maximum Gasteiger partial charge on any atom is 0.407 e. The fraction of sp³-hybridized carbons (Fsp3) is 0.240. The zero-order valence-corrected chi connectivity index (χ0v) is 19.1. The Hall–Kier alpha value is -3.79. The number of carboxylic acids is 1. The predicted octanol–water partition coefficient (Wildman–Crippen LogP) is 4.55. The van der Waals surface area contributed by atoms with E-state index >= 15 is 0 Å². The molecule has 0 aliphatic heterocycles. The number of amides is 2. The van der Waals surface area contributed by atoms with Crippen molar-refractivity contribution >= 4 is 29.3 Å². The molecular formula is C25H22F2N2O5S. The van der Waals surface area contributed by atoms with Gasteiger partial charge in [-0.1, -0.05) is 54.6 Å². The van der Waals surface area contributed by atoms with Crippen molar-refractivity contribution in [1.82, 2.24) is 10.6 Å². The van der Waals surface area contributed by atoms with Crippen LogP contribution >= 0.6 is 11.3 Å². The Kier molecular flexibility index (Phi) is 7.40. The molecule has 10 heteroatoms. The second kappa shape index (κ2) is 10.6. The Morgan fingerprint density at radius 2 is 1.57 bits per heavy atom. The van der Waals surface area contributed by atoms with E-state index in [0.29, 0.717) is 4.88 Å². The van der Waals surface area contributed by atoms with Crippen LogP contribution in [-0.4, -0.2) is 42.2 Å². The quantitative estimate of drug-likeness (QED) is 0.400. The standard InChI is InChI=1S/C25H22F2N2O5S/c26-21(27)12-19(23(30)29-22(24(31)32)20-10-5-11-35-20)28-25(33)34-13-18-16-8-3-1-6-14(16)15-7-2-4-9-17(15)18/h1-11,18-19,21-22H,12-13H2,(H,28,33)(H,29,30)(H,31,32). The van der Waals surface area contributed by atoms with Crippen molar-refractivity contribution in [2.45, 2.75) is 30.8 Å². The minimum absolute atomic E-state index is 0.0597. The molecule has 4 rings (SSSR count). The van der Waals surface area contributed by atoms with Crippen LogP contribution in [0.15, 0.2) is 66.0 Å². The highest BCUT2D eigenvalue weighted by atomic mass is 32.1. The van der Waals surface area contributed by atoms with E-state index < -0.39 is 42.9 Å². The van der Waals surface area contributed by atoms with E-state index in [2.05, 4.69) is 10.6 Å². The molecule has 1 aliphatic carbocycles. The molecule has 2 atom stereocenters. The smallest absolute Gasteiger partial charge is 0.407 e. The number of carboxylic acid groups (broad SMARTS) is 1. The average molecular weight is 501 g/mol. The fourth-order valence-electron chi connectivity index (χ4n) is 4.14. The number of hydrogen-bond acceptors (Lipinski definition) is 5. The highest BCUT2D eigenvalue weighted by Crippen LogP contribution is 2.44. The van der Waals surface area contributed by atoms with Gasteiger partial charge in [-0.2, -0.15) is 0 Å². The maximum atomic E-state index is 13.1. The third-order valence-corrected chi connectivity index (χ3v) is 6.66. The molecule has 0 saturated carbocycles. The third kappa shape index (κ3) is 5.48. The van der Waals surface area contributed by atoms with Gasteiger partial charge in [-0.05, 0) is 33.7 Å². The summed E-state index contributed by atoms with van der Waals surface area (Å²) in [6.45, 7) is -0.0597. The summed E-state index contributed by atoms with van der Waals surface area (Å²) in [7, 11) is 0. The van der Waals surface area contributed by atoms with Gasteiger partial charge in [0, 0.05) is 17.2 Å². The van der Waals surface area contributed by atoms with Gasteiger partial charge in [0.05, 0.1) is 0 Å². The zero-order chi connectivity index (χ0) is 24.9. The van der Waals surface area contributed by atoms with E-state index in [1.54, 1.807) is 11.4 Å². The molecule has 1 aliphatic rings. The summed E-state index contributed by atoms with van der Waals surface area (Å²) in [5.41, 5.74) is 4.01. The van der Waals surface area contributed by atoms with E-state index in [-0.39, 0.29) is 12.5 Å². The Balaban J connectivity index is 1.43. The van der Waals surface area contributed by atoms with Crippen molar-refractivity contribution < 1.29 is 33.0 Å². The molecule has 0 saturated heterocycles. The summed E-state index contributed by atoms with van der Waals surface area (Å²) in [5, 5.41) is 15.5. The van der Waals surface area contributed by atoms with Crippen LogP contribution in [0.4, 0.5) is 13.6 Å². The van der Waals surface area contributed by atoms with Gasteiger partial charge in [-0.3, -0.25) is 4.79 Å². The number of nitrogens with one attached hydrogen (secondary N) is 2. The van der Waals surface area contributed by atoms with Gasteiger partial charge < -0.3 is 20.5 Å². The van der Waals surface area contributed by atoms with Crippen LogP contribution in [-0.2, 0) is 14.3 Å². The molecule has 0 spiro atoms. The molecule has 3 aromatic rings. The molecule has 7 nitrogen and oxygen atoms in total. The van der Waals surface area contributed by atoms with Crippen LogP contribution in [0.25, 0.3) is 11.1 Å². The first-order chi connectivity index (χ1) is 16.8. The second-order valence-electron chi connectivity index (χ2n) is 7.94. The van der Waals surface area contributed by atoms with Gasteiger partial charge in [0.15, 0.2) is 6.04 Å². The molecule has 35 heavy (non-hydrogen) atoms. The first-order valence-electron chi connectivity index (χ1n) is 10.8. The lowest BCUT2D eigenvalue weighted by Crippen LogP contribution is -2.49. The van der Waals surface area contributed by atoms with Crippen LogP contribution in [0, 0.1) is 0 Å². The number of hydrogen-bond donors (Lipinski definition) is 3. The number of benzene rings is 2. The molecule has 2 unspecified atom stereocenters. The molecule has 3 N–H and O–H groups in total. The second-order valence-corrected chi connectivity index (χ2v) is 8.92. The number of carbonyl (C=O) groups is 3. The normalized spacial score (nSPS) is 14.0. The average Bonchev–Trinajstić information content (AvgIpc) is 3.47. The number of carbonyl (C=O) groups excluding carboxylic acids is 2. The number of thiophene rings is 1. The molecule has 2 aromatic carbocycles. The van der Waals surface area contributed by atoms with E-state index in [9.17, 15) is 28.3 Å². The Bertz CT molecular complexity index is 1170. The van der Waals surface area contributed by atoms with E-state index in [1.165, 1.54) is 6.07 Å². The lowest BCUT2D eigenvalue weighted by Gasteiger charge is -2.21. The third-order valence-electron chi connectivity index (χ3n) is 5.73. The molecule has 1 aromatic heterocycles. The van der Waals surface area contributed by atoms with Gasteiger partial charge in [0.1, 0.15) is 12.6 Å². The van der Waals surface area contributed by atoms with Gasteiger partial charge in [0.25, 0.3) is 0 Å². The van der Waals surface area contributed by atoms with Crippen molar-refractivity contribution in [3.8, 4) is 11.1 Å². The Morgan fingerprint density at radius 3 is 2.11 bits per heavy atom. The molecule has 2 amide bonds. The lowest BCUT2D eigenvalue weighted by molar-refractivity contribution is -0.142. The number of alkyl carbamates (subject to hydrolysis) is 1. The van der Waals surface area contributed by atoms with Gasteiger partial charge in [0.2, 0.25) is 12.3 Å². The summed E-state index contributed by atoms with van der Waals surface area (Å²) >= 11 is 1.10. The number of aliphatic carboxylic acids is 1. The van der Waals surface area contributed by atoms with E-state index in [1.807, 2.05) is 48.5 Å². The summed E-state index contributed by atoms with van der Waals surface area (Å²) in [6, 6.07) is 15.4. The van der Waals surface area contributed by atoms with Crippen LogP contribution in [0.5, 0.6) is 0 Å². The summed E-state index contributed by atoms with van der Waals surface area (Å²) in [5.74, 6) is -2.64. The number of ether oxygens (including phenoxy) is 1. The predicted molar refractivity (Wildman–Crippen MR) is 125 cm³/mol. The molecular weight excluding hydrogens is 478 g/mol. The summed E-state index contributed by atoms with van der Waals surface area (Å²) in [4.78, 5) is 37.0. The van der Waals surface area contributed by atoms with Gasteiger partial charge in [-0.25, -0.2) is 18.4 Å². The number of alkyl halides is 2. The fourth-order valence-corrected chi connectivity index (χ4v) is 4.91. The number of rotatable bonds is 9. The summed E-state index contributed by atoms with van der Waals surface area (Å²) in [6.07, 6.45) is -4.95. The minimum atomic E-state index is -2.91. The van der Waals surface area contributed by atoms with Crippen molar-refractivity contribution in [2.75, 3.05) is 6.61 Å². The highest BCUT2D eigenvalue weighted by molar-refractivity contribution is 7.10. The maximum absolute atomic E-state index is 13.1. The first kappa shape index (κ1) is 24.3. The van der Waals surface area contributed by atoms with Crippen LogP contribution < -0.4 is 10.6 Å². The van der Waals surface area contributed by atoms with Crippen molar-refractivity contribution in [3.05, 3.63) is 82.0 Å². The van der Waals surface area contributed by atoms with Crippen molar-refractivity contribution in [2.24, 2.45) is 0 Å². The number of fused-ring (bicyclic) bond motifs is 3. The van der Waals surface area contributed by atoms with E-state index in [0.717, 1.165) is 33.6 Å². The van der Waals surface area contributed by atoms with Crippen LogP contribution in [0.3, 0.4) is 0 Å². The van der Waals surface area contributed by atoms with Crippen LogP contribution in [0.1, 0.15) is 34.4 Å². The van der Waals surface area contributed by atoms with Gasteiger partial charge in [-0.15, -0.1) is 11.3 Å². The van der Waals surface area contributed by atoms with Gasteiger partial charge >= 0.3 is 12.1 Å². The van der Waals surface area contributed by atoms with Crippen molar-refractivity contribution in [1.29, 1.82) is 0 Å². The molecule has 0 fully saturated rings. The highest BCUT2D eigenvalue weighted by Gasteiger charge is 2.32. The minimum Gasteiger partial charge on any atom is -0.479 e. The Labute approximate surface area is 203 Å². The monoisotopic (exact) mass is 500 g/mol. The summed E-state index contributed by atoms with van der Waals surface area (Å²) < 4.78 is 31.6. The Morgan fingerprint density at radius 1 is 0.943 bits per heavy atom.